The second kappa shape index (κ2) is 14.0. The maximum Gasteiger partial charge on any atom is 0.510 e. The van der Waals surface area contributed by atoms with E-state index < -0.39 is 11.2 Å². The number of tetrazole rings is 1. The van der Waals surface area contributed by atoms with Gasteiger partial charge in [0.25, 0.3) is 5.09 Å². The Labute approximate surface area is 274 Å². The second-order valence-corrected chi connectivity index (χ2v) is 10.9. The molecule has 1 aliphatic rings. The highest BCUT2D eigenvalue weighted by atomic mass is 16.9. The number of anilines is 1. The molecule has 5 aromatic rings. The van der Waals surface area contributed by atoms with Crippen LogP contribution >= 0.6 is 0 Å². The highest BCUT2D eigenvalue weighted by Gasteiger charge is 2.28. The number of carbonyl (C=O) groups excluding carboxylic acids is 2. The van der Waals surface area contributed by atoms with Crippen molar-refractivity contribution in [1.82, 2.24) is 30.2 Å². The van der Waals surface area contributed by atoms with Crippen LogP contribution in [0.1, 0.15) is 40.2 Å². The molecule has 3 aromatic carbocycles. The molecule has 0 radical (unpaired) electrons. The third-order valence-electron chi connectivity index (χ3n) is 7.76. The SMILES string of the molecule is Cc1nc(C)c2c(n1)N(Cc1ccc(-c3ccccc3-c3nnn(COC(=O)OCc4ccccc4CO[N+](=O)[O-])n3)cc1)C(=O)CC2. The molecule has 0 bridgehead atoms. The molecule has 2 aromatic heterocycles. The summed E-state index contributed by atoms with van der Waals surface area (Å²) in [6.07, 6.45) is 0.0814. The van der Waals surface area contributed by atoms with Gasteiger partial charge in [0.1, 0.15) is 24.9 Å². The number of aromatic nitrogens is 6. The maximum atomic E-state index is 12.9. The van der Waals surface area contributed by atoms with E-state index in [9.17, 15) is 19.7 Å². The van der Waals surface area contributed by atoms with Crippen LogP contribution in [0, 0.1) is 24.0 Å². The van der Waals surface area contributed by atoms with Crippen LogP contribution in [0.15, 0.2) is 72.8 Å². The summed E-state index contributed by atoms with van der Waals surface area (Å²) in [4.78, 5) is 52.0. The molecule has 48 heavy (non-hydrogen) atoms. The van der Waals surface area contributed by atoms with Crippen molar-refractivity contribution in [2.24, 2.45) is 0 Å². The number of carbonyl (C=O) groups is 2. The normalized spacial score (nSPS) is 12.4. The van der Waals surface area contributed by atoms with Gasteiger partial charge in [-0.3, -0.25) is 9.69 Å². The van der Waals surface area contributed by atoms with Crippen LogP contribution in [-0.2, 0) is 52.0 Å². The van der Waals surface area contributed by atoms with Crippen LogP contribution < -0.4 is 4.90 Å². The van der Waals surface area contributed by atoms with Crippen molar-refractivity contribution < 1.29 is 29.0 Å². The van der Waals surface area contributed by atoms with Gasteiger partial charge in [0, 0.05) is 23.2 Å². The quantitative estimate of drug-likeness (QED) is 0.107. The molecular formula is C33H30N8O7. The summed E-state index contributed by atoms with van der Waals surface area (Å²) in [5, 5.41) is 22.2. The van der Waals surface area contributed by atoms with E-state index in [0.717, 1.165) is 38.3 Å². The van der Waals surface area contributed by atoms with Gasteiger partial charge in [0.2, 0.25) is 18.5 Å². The largest absolute Gasteiger partial charge is 0.510 e. The van der Waals surface area contributed by atoms with E-state index in [1.165, 1.54) is 0 Å². The van der Waals surface area contributed by atoms with Crippen molar-refractivity contribution in [2.45, 2.75) is 53.2 Å². The molecule has 0 unspecified atom stereocenters. The van der Waals surface area contributed by atoms with Gasteiger partial charge in [0.05, 0.1) is 6.54 Å². The summed E-state index contributed by atoms with van der Waals surface area (Å²) >= 11 is 0. The lowest BCUT2D eigenvalue weighted by Gasteiger charge is -2.29. The monoisotopic (exact) mass is 650 g/mol. The molecule has 244 valence electrons. The van der Waals surface area contributed by atoms with Crippen LogP contribution in [0.25, 0.3) is 22.5 Å². The van der Waals surface area contributed by atoms with E-state index >= 15 is 0 Å². The Morgan fingerprint density at radius 1 is 0.896 bits per heavy atom. The highest BCUT2D eigenvalue weighted by Crippen LogP contribution is 2.32. The first-order valence-electron chi connectivity index (χ1n) is 15.0. The number of amides is 1. The average Bonchev–Trinajstić information content (AvgIpc) is 3.56. The fourth-order valence-corrected chi connectivity index (χ4v) is 5.44. The van der Waals surface area contributed by atoms with E-state index in [1.807, 2.05) is 62.4 Å². The van der Waals surface area contributed by atoms with Crippen LogP contribution in [0.5, 0.6) is 0 Å². The molecule has 0 atom stereocenters. The number of ether oxygens (including phenoxy) is 2. The summed E-state index contributed by atoms with van der Waals surface area (Å²) < 4.78 is 10.3. The highest BCUT2D eigenvalue weighted by molar-refractivity contribution is 5.95. The van der Waals surface area contributed by atoms with Gasteiger partial charge in [-0.25, -0.2) is 14.8 Å². The minimum absolute atomic E-state index is 0.0338. The Morgan fingerprint density at radius 3 is 2.35 bits per heavy atom. The molecule has 3 heterocycles. The van der Waals surface area contributed by atoms with E-state index in [-0.39, 0.29) is 25.9 Å². The molecule has 0 spiro atoms. The van der Waals surface area contributed by atoms with E-state index in [1.54, 1.807) is 29.2 Å². The number of nitrogens with zero attached hydrogens (tertiary/aromatic N) is 8. The number of hydrogen-bond donors (Lipinski definition) is 0. The number of rotatable bonds is 11. The zero-order valence-corrected chi connectivity index (χ0v) is 26.1. The molecular weight excluding hydrogens is 620 g/mol. The lowest BCUT2D eigenvalue weighted by Crippen LogP contribution is -2.36. The predicted octanol–water partition coefficient (Wildman–Crippen LogP) is 4.91. The summed E-state index contributed by atoms with van der Waals surface area (Å²) in [7, 11) is 0. The average molecular weight is 651 g/mol. The van der Waals surface area contributed by atoms with Crippen molar-refractivity contribution in [3.8, 4) is 22.5 Å². The number of benzene rings is 3. The first-order chi connectivity index (χ1) is 23.2. The van der Waals surface area contributed by atoms with Crippen molar-refractivity contribution in [3.63, 3.8) is 0 Å². The molecule has 15 heteroatoms. The van der Waals surface area contributed by atoms with Crippen LogP contribution in [0.4, 0.5) is 10.6 Å². The molecule has 1 amide bonds. The number of fused-ring (bicyclic) bond motifs is 1. The predicted molar refractivity (Wildman–Crippen MR) is 169 cm³/mol. The van der Waals surface area contributed by atoms with Crippen molar-refractivity contribution >= 4 is 17.9 Å². The van der Waals surface area contributed by atoms with Gasteiger partial charge in [0.15, 0.2) is 0 Å². The zero-order chi connectivity index (χ0) is 33.6. The third kappa shape index (κ3) is 7.25. The summed E-state index contributed by atoms with van der Waals surface area (Å²) in [5.41, 5.74) is 6.39. The zero-order valence-electron chi connectivity index (χ0n) is 26.1. The second-order valence-electron chi connectivity index (χ2n) is 10.9. The Hall–Kier alpha value is -6.25. The third-order valence-corrected chi connectivity index (χ3v) is 7.76. The summed E-state index contributed by atoms with van der Waals surface area (Å²) in [5.74, 6) is 1.68. The molecule has 1 aliphatic heterocycles. The van der Waals surface area contributed by atoms with E-state index in [4.69, 9.17) is 9.47 Å². The molecule has 6 rings (SSSR count). The fourth-order valence-electron chi connectivity index (χ4n) is 5.44. The Balaban J connectivity index is 1.09. The Morgan fingerprint density at radius 2 is 1.60 bits per heavy atom. The molecule has 15 nitrogen and oxygen atoms in total. The first kappa shape index (κ1) is 31.7. The minimum Gasteiger partial charge on any atom is -0.429 e. The van der Waals surface area contributed by atoms with Crippen molar-refractivity contribution in [3.05, 3.63) is 117 Å². The smallest absolute Gasteiger partial charge is 0.429 e. The van der Waals surface area contributed by atoms with E-state index in [0.29, 0.717) is 48.0 Å². The number of aryl methyl sites for hydroxylation is 2. The molecule has 0 saturated heterocycles. The van der Waals surface area contributed by atoms with E-state index in [2.05, 4.69) is 30.2 Å². The van der Waals surface area contributed by atoms with Gasteiger partial charge in [-0.2, -0.15) is 0 Å². The maximum absolute atomic E-state index is 12.9. The first-order valence-corrected chi connectivity index (χ1v) is 15.0. The molecule has 0 fully saturated rings. The molecule has 0 saturated carbocycles. The van der Waals surface area contributed by atoms with Crippen molar-refractivity contribution in [2.75, 3.05) is 4.90 Å². The topological polar surface area (TPSA) is 178 Å². The van der Waals surface area contributed by atoms with Crippen molar-refractivity contribution in [1.29, 1.82) is 0 Å². The van der Waals surface area contributed by atoms with Crippen LogP contribution in [-0.4, -0.2) is 47.3 Å². The summed E-state index contributed by atoms with van der Waals surface area (Å²) in [6, 6.07) is 22.2. The van der Waals surface area contributed by atoms with Gasteiger partial charge in [-0.05, 0) is 53.3 Å². The lowest BCUT2D eigenvalue weighted by atomic mass is 9.98. The van der Waals surface area contributed by atoms with Gasteiger partial charge in [-0.15, -0.1) is 25.1 Å². The number of hydrogen-bond acceptors (Lipinski definition) is 12. The molecule has 0 N–H and O–H groups in total. The minimum atomic E-state index is -0.980. The fraction of sp³-hybridized carbons (Fsp3) is 0.242. The molecule has 0 aliphatic carbocycles. The van der Waals surface area contributed by atoms with Gasteiger partial charge >= 0.3 is 6.16 Å². The van der Waals surface area contributed by atoms with Crippen LogP contribution in [0.2, 0.25) is 0 Å². The summed E-state index contributed by atoms with van der Waals surface area (Å²) in [6.45, 7) is 3.38. The van der Waals surface area contributed by atoms with Gasteiger partial charge in [-0.1, -0.05) is 72.8 Å². The Bertz CT molecular complexity index is 1980. The van der Waals surface area contributed by atoms with Gasteiger partial charge < -0.3 is 14.3 Å². The standard InChI is InChI=1S/C33H30N8O7/c1-21-27-15-16-30(42)39(32(27)35-22(2)34-21)17-23-11-13-24(14-12-23)28-9-5-6-10-29(28)31-36-38-40(37-31)20-47-33(43)46-18-25-7-3-4-8-26(25)19-48-41(44)45/h3-14H,15-20H2,1-2H3. The Kier molecular flexibility index (Phi) is 9.27. The van der Waals surface area contributed by atoms with Crippen LogP contribution in [0.3, 0.4) is 0 Å². The lowest BCUT2D eigenvalue weighted by molar-refractivity contribution is -0.763.